The minimum absolute atomic E-state index is 0.136. The molecule has 162 valence electrons. The average molecular weight is 427 g/mol. The van der Waals surface area contributed by atoms with Crippen LogP contribution < -0.4 is 10.1 Å². The van der Waals surface area contributed by atoms with E-state index in [1.54, 1.807) is 7.11 Å². The second-order valence-electron chi connectivity index (χ2n) is 7.80. The lowest BCUT2D eigenvalue weighted by atomic mass is 10.0. The Hall–Kier alpha value is -3.86. The summed E-state index contributed by atoms with van der Waals surface area (Å²) in [5, 5.41) is 3.22. The molecule has 32 heavy (non-hydrogen) atoms. The maximum Gasteiger partial charge on any atom is 0.278 e. The normalized spacial score (nSPS) is 13.7. The Kier molecular flexibility index (Phi) is 6.08. The lowest BCUT2D eigenvalue weighted by Crippen LogP contribution is -2.32. The molecule has 4 rings (SSSR count). The maximum absolute atomic E-state index is 13.5. The first-order valence-electron chi connectivity index (χ1n) is 10.7. The van der Waals surface area contributed by atoms with Crippen molar-refractivity contribution >= 4 is 23.1 Å². The largest absolute Gasteiger partial charge is 0.496 e. The number of nitrogens with one attached hydrogen (secondary N) is 1. The zero-order valence-corrected chi connectivity index (χ0v) is 18.5. The van der Waals surface area contributed by atoms with Gasteiger partial charge >= 0.3 is 0 Å². The molecule has 0 saturated carbocycles. The van der Waals surface area contributed by atoms with Crippen molar-refractivity contribution in [2.24, 2.45) is 0 Å². The molecule has 1 aliphatic heterocycles. The van der Waals surface area contributed by atoms with E-state index in [9.17, 15) is 9.59 Å². The van der Waals surface area contributed by atoms with E-state index in [-0.39, 0.29) is 24.1 Å². The van der Waals surface area contributed by atoms with Crippen LogP contribution in [0.25, 0.3) is 5.57 Å². The fourth-order valence-corrected chi connectivity index (χ4v) is 3.80. The molecule has 3 aromatic carbocycles. The molecule has 1 heterocycles. The van der Waals surface area contributed by atoms with E-state index < -0.39 is 0 Å². The SMILES string of the molecule is CCc1ccc(NC2=C(c3ccc(C)cc3)C(=O)N(Cc3ccccc3OC)C2=O)cc1. The molecule has 1 N–H and O–H groups in total. The smallest absolute Gasteiger partial charge is 0.278 e. The third-order valence-corrected chi connectivity index (χ3v) is 5.66. The Labute approximate surface area is 188 Å². The zero-order chi connectivity index (χ0) is 22.7. The van der Waals surface area contributed by atoms with Crippen LogP contribution in [-0.4, -0.2) is 23.8 Å². The van der Waals surface area contributed by atoms with E-state index in [1.165, 1.54) is 10.5 Å². The Morgan fingerprint density at radius 2 is 1.56 bits per heavy atom. The molecule has 3 aromatic rings. The quantitative estimate of drug-likeness (QED) is 0.543. The minimum Gasteiger partial charge on any atom is -0.496 e. The predicted octanol–water partition coefficient (Wildman–Crippen LogP) is 4.96. The summed E-state index contributed by atoms with van der Waals surface area (Å²) >= 11 is 0. The molecule has 5 heteroatoms. The first-order chi connectivity index (χ1) is 15.5. The Bertz CT molecular complexity index is 1180. The van der Waals surface area contributed by atoms with Crippen molar-refractivity contribution in [3.63, 3.8) is 0 Å². The van der Waals surface area contributed by atoms with Crippen molar-refractivity contribution in [2.45, 2.75) is 26.8 Å². The molecular weight excluding hydrogens is 400 g/mol. The number of carbonyl (C=O) groups is 2. The van der Waals surface area contributed by atoms with Gasteiger partial charge in [-0.2, -0.15) is 0 Å². The molecule has 0 fully saturated rings. The number of rotatable bonds is 7. The Morgan fingerprint density at radius 1 is 0.875 bits per heavy atom. The van der Waals surface area contributed by atoms with Gasteiger partial charge in [-0.1, -0.05) is 67.1 Å². The molecule has 1 aliphatic rings. The number of imide groups is 1. The lowest BCUT2D eigenvalue weighted by molar-refractivity contribution is -0.137. The lowest BCUT2D eigenvalue weighted by Gasteiger charge is -2.17. The highest BCUT2D eigenvalue weighted by molar-refractivity contribution is 6.36. The van der Waals surface area contributed by atoms with Crippen molar-refractivity contribution in [2.75, 3.05) is 12.4 Å². The van der Waals surface area contributed by atoms with Crippen LogP contribution in [-0.2, 0) is 22.6 Å². The Balaban J connectivity index is 1.73. The summed E-state index contributed by atoms with van der Waals surface area (Å²) in [6.07, 6.45) is 0.932. The molecule has 0 aliphatic carbocycles. The van der Waals surface area contributed by atoms with E-state index >= 15 is 0 Å². The van der Waals surface area contributed by atoms with Crippen LogP contribution in [0.5, 0.6) is 5.75 Å². The van der Waals surface area contributed by atoms with Gasteiger partial charge in [-0.3, -0.25) is 14.5 Å². The van der Waals surface area contributed by atoms with Crippen LogP contribution in [0, 0.1) is 6.92 Å². The van der Waals surface area contributed by atoms with Gasteiger partial charge in [0.25, 0.3) is 11.8 Å². The number of aryl methyl sites for hydroxylation is 2. The number of hydrogen-bond acceptors (Lipinski definition) is 4. The van der Waals surface area contributed by atoms with Gasteiger partial charge in [0.05, 0.1) is 19.2 Å². The number of carbonyl (C=O) groups excluding carboxylic acids is 2. The third kappa shape index (κ3) is 4.14. The van der Waals surface area contributed by atoms with Crippen LogP contribution in [0.2, 0.25) is 0 Å². The van der Waals surface area contributed by atoms with Gasteiger partial charge in [-0.25, -0.2) is 0 Å². The second kappa shape index (κ2) is 9.10. The van der Waals surface area contributed by atoms with Crippen molar-refractivity contribution in [1.82, 2.24) is 4.90 Å². The predicted molar refractivity (Wildman–Crippen MR) is 126 cm³/mol. The van der Waals surface area contributed by atoms with Gasteiger partial charge < -0.3 is 10.1 Å². The zero-order valence-electron chi connectivity index (χ0n) is 18.5. The first-order valence-corrected chi connectivity index (χ1v) is 10.7. The van der Waals surface area contributed by atoms with E-state index in [4.69, 9.17) is 4.74 Å². The van der Waals surface area contributed by atoms with E-state index in [0.717, 1.165) is 23.2 Å². The summed E-state index contributed by atoms with van der Waals surface area (Å²) in [6, 6.07) is 22.9. The monoisotopic (exact) mass is 426 g/mol. The number of benzene rings is 3. The average Bonchev–Trinajstić information content (AvgIpc) is 3.04. The molecule has 0 aromatic heterocycles. The summed E-state index contributed by atoms with van der Waals surface area (Å²) in [6.45, 7) is 4.22. The molecule has 0 atom stereocenters. The third-order valence-electron chi connectivity index (χ3n) is 5.66. The van der Waals surface area contributed by atoms with Crippen LogP contribution in [0.3, 0.4) is 0 Å². The molecule has 5 nitrogen and oxygen atoms in total. The summed E-state index contributed by atoms with van der Waals surface area (Å²) in [5.74, 6) is -0.0324. The summed E-state index contributed by atoms with van der Waals surface area (Å²) in [7, 11) is 1.58. The number of hydrogen-bond donors (Lipinski definition) is 1. The molecule has 0 unspecified atom stereocenters. The Morgan fingerprint density at radius 3 is 2.22 bits per heavy atom. The highest BCUT2D eigenvalue weighted by atomic mass is 16.5. The minimum atomic E-state index is -0.351. The van der Waals surface area contributed by atoms with E-state index in [0.29, 0.717) is 16.9 Å². The van der Waals surface area contributed by atoms with E-state index in [1.807, 2.05) is 79.7 Å². The molecule has 0 bridgehead atoms. The fourth-order valence-electron chi connectivity index (χ4n) is 3.80. The number of nitrogens with zero attached hydrogens (tertiary/aromatic N) is 1. The number of anilines is 1. The highest BCUT2D eigenvalue weighted by Crippen LogP contribution is 2.33. The summed E-state index contributed by atoms with van der Waals surface area (Å²) in [5.41, 5.74) is 5.21. The van der Waals surface area contributed by atoms with Crippen LogP contribution >= 0.6 is 0 Å². The maximum atomic E-state index is 13.5. The molecule has 0 saturated heterocycles. The number of para-hydroxylation sites is 1. The standard InChI is InChI=1S/C27H26N2O3/c1-4-19-11-15-22(16-12-19)28-25-24(20-13-9-18(2)10-14-20)26(30)29(27(25)31)17-21-7-5-6-8-23(21)32-3/h5-16,28H,4,17H2,1-3H3. The van der Waals surface area contributed by atoms with Crippen molar-refractivity contribution in [3.8, 4) is 5.75 Å². The number of ether oxygens (including phenoxy) is 1. The number of methoxy groups -OCH3 is 1. The molecular formula is C27H26N2O3. The molecule has 0 radical (unpaired) electrons. The van der Waals surface area contributed by atoms with Crippen molar-refractivity contribution in [3.05, 3.63) is 101 Å². The van der Waals surface area contributed by atoms with Gasteiger partial charge in [0.15, 0.2) is 0 Å². The van der Waals surface area contributed by atoms with Gasteiger partial charge in [0.2, 0.25) is 0 Å². The number of amides is 2. The van der Waals surface area contributed by atoms with E-state index in [2.05, 4.69) is 12.2 Å². The highest BCUT2D eigenvalue weighted by Gasteiger charge is 2.39. The van der Waals surface area contributed by atoms with Crippen LogP contribution in [0.15, 0.2) is 78.5 Å². The van der Waals surface area contributed by atoms with Gasteiger partial charge in [-0.05, 0) is 42.7 Å². The topological polar surface area (TPSA) is 58.6 Å². The van der Waals surface area contributed by atoms with Crippen molar-refractivity contribution < 1.29 is 14.3 Å². The van der Waals surface area contributed by atoms with Crippen molar-refractivity contribution in [1.29, 1.82) is 0 Å². The molecule has 0 spiro atoms. The summed E-state index contributed by atoms with van der Waals surface area (Å²) < 4.78 is 5.42. The fraction of sp³-hybridized carbons (Fsp3) is 0.185. The summed E-state index contributed by atoms with van der Waals surface area (Å²) in [4.78, 5) is 28.2. The van der Waals surface area contributed by atoms with Gasteiger partial charge in [0.1, 0.15) is 11.4 Å². The van der Waals surface area contributed by atoms with Crippen LogP contribution in [0.1, 0.15) is 29.2 Å². The molecule has 2 amide bonds. The second-order valence-corrected chi connectivity index (χ2v) is 7.80. The van der Waals surface area contributed by atoms with Gasteiger partial charge in [0, 0.05) is 11.3 Å². The van der Waals surface area contributed by atoms with Crippen LogP contribution in [0.4, 0.5) is 5.69 Å². The first kappa shape index (κ1) is 21.4. The van der Waals surface area contributed by atoms with Gasteiger partial charge in [-0.15, -0.1) is 0 Å².